The zero-order chi connectivity index (χ0) is 20.2. The fourth-order valence-corrected chi connectivity index (χ4v) is 3.40. The van der Waals surface area contributed by atoms with E-state index in [1.165, 1.54) is 37.4 Å². The summed E-state index contributed by atoms with van der Waals surface area (Å²) in [6.45, 7) is 0.904. The molecule has 1 amide bonds. The summed E-state index contributed by atoms with van der Waals surface area (Å²) in [4.78, 5) is 23.8. The van der Waals surface area contributed by atoms with Crippen molar-refractivity contribution in [2.24, 2.45) is 0 Å². The summed E-state index contributed by atoms with van der Waals surface area (Å²) >= 11 is 5.75. The first-order valence-electron chi connectivity index (χ1n) is 7.61. The third-order valence-corrected chi connectivity index (χ3v) is 5.40. The topological polar surface area (TPSA) is 102 Å². The number of sulfonamides is 1. The smallest absolute Gasteiger partial charge is 0.343 e. The molecule has 0 aliphatic rings. The van der Waals surface area contributed by atoms with E-state index in [2.05, 4.69) is 10.0 Å². The standard InChI is InChI=1S/C17H16ClFN2O5S/c1-10-6-7-11(8-14(10)27(24,25)20-2)21-15(22)9-26-17(23)16-12(18)4-3-5-13(16)19/h3-8,20H,9H2,1-2H3,(H,21,22). The van der Waals surface area contributed by atoms with Crippen LogP contribution in [0.25, 0.3) is 0 Å². The van der Waals surface area contributed by atoms with Gasteiger partial charge in [-0.05, 0) is 43.8 Å². The lowest BCUT2D eigenvalue weighted by atomic mass is 10.2. The summed E-state index contributed by atoms with van der Waals surface area (Å²) in [7, 11) is -2.43. The van der Waals surface area contributed by atoms with Crippen molar-refractivity contribution < 1.29 is 27.1 Å². The lowest BCUT2D eigenvalue weighted by Gasteiger charge is -2.11. The summed E-state index contributed by atoms with van der Waals surface area (Å²) in [5.74, 6) is -2.68. The van der Waals surface area contributed by atoms with Crippen LogP contribution < -0.4 is 10.0 Å². The number of nitrogens with one attached hydrogen (secondary N) is 2. The van der Waals surface area contributed by atoms with Crippen LogP contribution in [0.2, 0.25) is 5.02 Å². The Morgan fingerprint density at radius 1 is 1.22 bits per heavy atom. The van der Waals surface area contributed by atoms with E-state index < -0.39 is 39.9 Å². The van der Waals surface area contributed by atoms with Crippen LogP contribution in [0.4, 0.5) is 10.1 Å². The minimum atomic E-state index is -3.70. The van der Waals surface area contributed by atoms with Gasteiger partial charge in [-0.1, -0.05) is 23.7 Å². The molecule has 0 aliphatic carbocycles. The van der Waals surface area contributed by atoms with Crippen molar-refractivity contribution in [1.82, 2.24) is 4.72 Å². The number of esters is 1. The van der Waals surface area contributed by atoms with Gasteiger partial charge in [0, 0.05) is 5.69 Å². The van der Waals surface area contributed by atoms with Gasteiger partial charge in [0.25, 0.3) is 5.91 Å². The zero-order valence-electron chi connectivity index (χ0n) is 14.4. The summed E-state index contributed by atoms with van der Waals surface area (Å²) in [6, 6.07) is 7.97. The highest BCUT2D eigenvalue weighted by atomic mass is 35.5. The largest absolute Gasteiger partial charge is 0.452 e. The summed E-state index contributed by atoms with van der Waals surface area (Å²) in [5, 5.41) is 2.27. The number of ether oxygens (including phenoxy) is 1. The molecule has 27 heavy (non-hydrogen) atoms. The maximum Gasteiger partial charge on any atom is 0.343 e. The third-order valence-electron chi connectivity index (χ3n) is 3.53. The average Bonchev–Trinajstić information content (AvgIpc) is 2.61. The zero-order valence-corrected chi connectivity index (χ0v) is 15.9. The Morgan fingerprint density at radius 2 is 1.93 bits per heavy atom. The van der Waals surface area contributed by atoms with Crippen molar-refractivity contribution >= 4 is 39.2 Å². The number of halogens is 2. The number of benzene rings is 2. The quantitative estimate of drug-likeness (QED) is 0.707. The molecule has 144 valence electrons. The van der Waals surface area contributed by atoms with Gasteiger partial charge in [0.05, 0.1) is 9.92 Å². The Morgan fingerprint density at radius 3 is 2.56 bits per heavy atom. The van der Waals surface area contributed by atoms with Gasteiger partial charge in [0.1, 0.15) is 11.4 Å². The molecule has 0 unspecified atom stereocenters. The first-order valence-corrected chi connectivity index (χ1v) is 9.47. The second kappa shape index (κ2) is 8.47. The normalized spacial score (nSPS) is 11.1. The van der Waals surface area contributed by atoms with Crippen molar-refractivity contribution in [3.05, 3.63) is 58.4 Å². The Hall–Kier alpha value is -2.49. The second-order valence-corrected chi connectivity index (χ2v) is 7.67. The van der Waals surface area contributed by atoms with Crippen LogP contribution >= 0.6 is 11.6 Å². The van der Waals surface area contributed by atoms with Crippen LogP contribution in [0.3, 0.4) is 0 Å². The molecule has 0 aromatic heterocycles. The Labute approximate surface area is 160 Å². The Bertz CT molecular complexity index is 975. The van der Waals surface area contributed by atoms with E-state index in [-0.39, 0.29) is 15.6 Å². The van der Waals surface area contributed by atoms with E-state index in [1.54, 1.807) is 6.92 Å². The monoisotopic (exact) mass is 414 g/mol. The molecule has 0 aliphatic heterocycles. The van der Waals surface area contributed by atoms with Gasteiger partial charge in [0.15, 0.2) is 6.61 Å². The number of anilines is 1. The van der Waals surface area contributed by atoms with E-state index >= 15 is 0 Å². The molecule has 0 spiro atoms. The van der Waals surface area contributed by atoms with E-state index in [1.807, 2.05) is 0 Å². The Kier molecular flexibility index (Phi) is 6.53. The van der Waals surface area contributed by atoms with Crippen LogP contribution in [-0.2, 0) is 19.6 Å². The number of aryl methyl sites for hydroxylation is 1. The molecule has 2 aromatic carbocycles. The number of rotatable bonds is 6. The minimum Gasteiger partial charge on any atom is -0.452 e. The van der Waals surface area contributed by atoms with Crippen molar-refractivity contribution in [2.45, 2.75) is 11.8 Å². The molecular formula is C17H16ClFN2O5S. The van der Waals surface area contributed by atoms with Crippen molar-refractivity contribution in [2.75, 3.05) is 19.0 Å². The maximum atomic E-state index is 13.7. The molecule has 0 fully saturated rings. The van der Waals surface area contributed by atoms with Gasteiger partial charge in [-0.15, -0.1) is 0 Å². The van der Waals surface area contributed by atoms with Crippen LogP contribution in [-0.4, -0.2) is 33.9 Å². The van der Waals surface area contributed by atoms with Crippen molar-refractivity contribution in [1.29, 1.82) is 0 Å². The number of hydrogen-bond donors (Lipinski definition) is 2. The van der Waals surface area contributed by atoms with Gasteiger partial charge >= 0.3 is 5.97 Å². The van der Waals surface area contributed by atoms with Crippen molar-refractivity contribution in [3.63, 3.8) is 0 Å². The molecule has 0 radical (unpaired) electrons. The van der Waals surface area contributed by atoms with Crippen LogP contribution in [0.1, 0.15) is 15.9 Å². The number of amides is 1. The van der Waals surface area contributed by atoms with Crippen LogP contribution in [0, 0.1) is 12.7 Å². The lowest BCUT2D eigenvalue weighted by Crippen LogP contribution is -2.23. The summed E-state index contributed by atoms with van der Waals surface area (Å²) in [6.07, 6.45) is 0. The third kappa shape index (κ3) is 5.03. The molecule has 2 N–H and O–H groups in total. The molecule has 2 rings (SSSR count). The fourth-order valence-electron chi connectivity index (χ4n) is 2.17. The van der Waals surface area contributed by atoms with Gasteiger partial charge < -0.3 is 10.1 Å². The molecule has 7 nitrogen and oxygen atoms in total. The highest BCUT2D eigenvalue weighted by Crippen LogP contribution is 2.21. The number of hydrogen-bond acceptors (Lipinski definition) is 5. The first-order chi connectivity index (χ1) is 12.7. The van der Waals surface area contributed by atoms with E-state index in [0.717, 1.165) is 6.07 Å². The van der Waals surface area contributed by atoms with E-state index in [9.17, 15) is 22.4 Å². The number of carbonyl (C=O) groups is 2. The van der Waals surface area contributed by atoms with Gasteiger partial charge in [0.2, 0.25) is 10.0 Å². The predicted octanol–water partition coefficient (Wildman–Crippen LogP) is 2.49. The molecule has 0 heterocycles. The Balaban J connectivity index is 2.06. The lowest BCUT2D eigenvalue weighted by molar-refractivity contribution is -0.119. The first kappa shape index (κ1) is 20.8. The molecule has 2 aromatic rings. The van der Waals surface area contributed by atoms with E-state index in [0.29, 0.717) is 5.56 Å². The number of carbonyl (C=O) groups excluding carboxylic acids is 2. The molecule has 10 heteroatoms. The average molecular weight is 415 g/mol. The second-order valence-electron chi connectivity index (χ2n) is 5.41. The summed E-state index contributed by atoms with van der Waals surface area (Å²) < 4.78 is 44.5. The molecule has 0 saturated carbocycles. The molecular weight excluding hydrogens is 399 g/mol. The van der Waals surface area contributed by atoms with Crippen LogP contribution in [0.15, 0.2) is 41.3 Å². The molecule has 0 atom stereocenters. The molecule has 0 bridgehead atoms. The minimum absolute atomic E-state index is 0.00191. The van der Waals surface area contributed by atoms with Gasteiger partial charge in [-0.2, -0.15) is 0 Å². The van der Waals surface area contributed by atoms with Crippen LogP contribution in [0.5, 0.6) is 0 Å². The highest BCUT2D eigenvalue weighted by molar-refractivity contribution is 7.89. The highest BCUT2D eigenvalue weighted by Gasteiger charge is 2.19. The van der Waals surface area contributed by atoms with Gasteiger partial charge in [-0.3, -0.25) is 4.79 Å². The predicted molar refractivity (Wildman–Crippen MR) is 97.7 cm³/mol. The molecule has 0 saturated heterocycles. The fraction of sp³-hybridized carbons (Fsp3) is 0.176. The van der Waals surface area contributed by atoms with E-state index in [4.69, 9.17) is 16.3 Å². The van der Waals surface area contributed by atoms with Crippen molar-refractivity contribution in [3.8, 4) is 0 Å². The maximum absolute atomic E-state index is 13.7. The summed E-state index contributed by atoms with van der Waals surface area (Å²) in [5.41, 5.74) is 0.215. The SMILES string of the molecule is CNS(=O)(=O)c1cc(NC(=O)COC(=O)c2c(F)cccc2Cl)ccc1C. The van der Waals surface area contributed by atoms with Gasteiger partial charge in [-0.25, -0.2) is 22.3 Å².